The fraction of sp³-hybridized carbons (Fsp3) is 0.364. The summed E-state index contributed by atoms with van der Waals surface area (Å²) < 4.78 is 11.3. The lowest BCUT2D eigenvalue weighted by atomic mass is 9.55. The highest BCUT2D eigenvalue weighted by atomic mass is 16.5. The summed E-state index contributed by atoms with van der Waals surface area (Å²) in [6.07, 6.45) is -0.373. The Labute approximate surface area is 195 Å². The van der Waals surface area contributed by atoms with Crippen LogP contribution in [0, 0.1) is 17.8 Å². The number of carbonyl (C=O) groups excluding carboxylic acids is 2. The number of aliphatic hydroxyl groups is 2. The molecule has 2 amide bonds. The third-order valence-corrected chi connectivity index (χ3v) is 6.98. The maximum atomic E-state index is 13.6. The Morgan fingerprint density at radius 2 is 1.85 bits per heavy atom. The van der Waals surface area contributed by atoms with E-state index < -0.39 is 49.9 Å². The van der Waals surface area contributed by atoms with E-state index in [0.29, 0.717) is 22.6 Å². The number of furan rings is 1. The molecule has 2 fully saturated rings. The van der Waals surface area contributed by atoms with Crippen LogP contribution in [0.3, 0.4) is 0 Å². The summed E-state index contributed by atoms with van der Waals surface area (Å²) in [5.41, 5.74) is 1.25. The first-order valence-corrected chi connectivity index (χ1v) is 11.0. The van der Waals surface area contributed by atoms with Gasteiger partial charge in [-0.2, -0.15) is 0 Å². The summed E-state index contributed by atoms with van der Waals surface area (Å²) in [6, 6.07) is 9.14. The molecule has 12 heteroatoms. The Hall–Kier alpha value is -2.73. The van der Waals surface area contributed by atoms with Crippen molar-refractivity contribution in [3.8, 4) is 0 Å². The van der Waals surface area contributed by atoms with Gasteiger partial charge >= 0.3 is 14.2 Å². The Balaban J connectivity index is 1.52. The molecule has 176 valence electrons. The lowest BCUT2D eigenvalue weighted by Gasteiger charge is -2.41. The zero-order valence-corrected chi connectivity index (χ0v) is 18.1. The van der Waals surface area contributed by atoms with Crippen LogP contribution in [-0.4, -0.2) is 57.9 Å². The van der Waals surface area contributed by atoms with Crippen LogP contribution in [0.4, 0.5) is 5.69 Å². The molecule has 34 heavy (non-hydrogen) atoms. The normalized spacial score (nSPS) is 26.7. The van der Waals surface area contributed by atoms with E-state index >= 15 is 0 Å². The van der Waals surface area contributed by atoms with Crippen molar-refractivity contribution in [2.24, 2.45) is 17.8 Å². The van der Waals surface area contributed by atoms with E-state index in [9.17, 15) is 34.9 Å². The van der Waals surface area contributed by atoms with Gasteiger partial charge in [-0.3, -0.25) is 14.5 Å². The highest BCUT2D eigenvalue weighted by Crippen LogP contribution is 2.51. The molecule has 5 N–H and O–H groups in total. The molecule has 1 aromatic carbocycles. The van der Waals surface area contributed by atoms with Crippen LogP contribution in [0.1, 0.15) is 30.5 Å². The number of allylic oxidation sites excluding steroid dienone is 1. The minimum atomic E-state index is -1.76. The standard InChI is InChI=1S/C22H23B2NO9/c26-9-11-6-16-19(22(29)25(21(16)28)13-3-1-2-12(7-13)23(30)31)15-8-18(34-24(32)20(11)15)17-5-4-14(10-27)33-17/h1-5,7,15-16,18-19,26-27,30-32H,6,8-10H2/t15-,16-,18-,19+/m0/s1. The SMILES string of the molecule is O=C1[C@H]2[C@H](CC(CO)=C3B(O)O[C@H](c4ccc(CO)o4)C[C@H]32)C(=O)N1c1cccc(B(O)O)c1. The smallest absolute Gasteiger partial charge is 0.461 e. The van der Waals surface area contributed by atoms with Crippen LogP contribution >= 0.6 is 0 Å². The molecule has 0 saturated carbocycles. The largest absolute Gasteiger partial charge is 0.488 e. The Bertz CT molecular complexity index is 1160. The van der Waals surface area contributed by atoms with Gasteiger partial charge in [-0.15, -0.1) is 0 Å². The molecular weight excluding hydrogens is 444 g/mol. The van der Waals surface area contributed by atoms with Gasteiger partial charge < -0.3 is 34.4 Å². The minimum Gasteiger partial charge on any atom is -0.461 e. The number of amides is 2. The minimum absolute atomic E-state index is 0.108. The second kappa shape index (κ2) is 8.81. The van der Waals surface area contributed by atoms with Crippen LogP contribution in [0.2, 0.25) is 0 Å². The van der Waals surface area contributed by atoms with E-state index in [0.717, 1.165) is 4.90 Å². The van der Waals surface area contributed by atoms with Gasteiger partial charge in [-0.1, -0.05) is 12.1 Å². The van der Waals surface area contributed by atoms with Crippen molar-refractivity contribution in [2.75, 3.05) is 11.5 Å². The molecule has 0 bridgehead atoms. The highest BCUT2D eigenvalue weighted by Gasteiger charge is 2.58. The average molecular weight is 467 g/mol. The number of aliphatic hydroxyl groups excluding tert-OH is 2. The number of carbonyl (C=O) groups is 2. The van der Waals surface area contributed by atoms with E-state index in [-0.39, 0.29) is 37.2 Å². The molecule has 0 unspecified atom stereocenters. The summed E-state index contributed by atoms with van der Waals surface area (Å²) in [6.45, 7) is -0.685. The first-order valence-electron chi connectivity index (χ1n) is 11.0. The van der Waals surface area contributed by atoms with Crippen molar-refractivity contribution >= 4 is 37.2 Å². The quantitative estimate of drug-likeness (QED) is 0.276. The van der Waals surface area contributed by atoms with E-state index in [1.807, 2.05) is 0 Å². The van der Waals surface area contributed by atoms with E-state index in [2.05, 4.69) is 0 Å². The average Bonchev–Trinajstić information content (AvgIpc) is 3.41. The molecular formula is C22H23B2NO9. The van der Waals surface area contributed by atoms with Crippen LogP contribution in [0.25, 0.3) is 0 Å². The van der Waals surface area contributed by atoms with Crippen LogP contribution < -0.4 is 10.4 Å². The molecule has 2 aliphatic heterocycles. The molecule has 0 spiro atoms. The third-order valence-electron chi connectivity index (χ3n) is 6.98. The maximum absolute atomic E-state index is 13.6. The number of hydrogen-bond donors (Lipinski definition) is 5. The summed E-state index contributed by atoms with van der Waals surface area (Å²) in [5.74, 6) is -2.28. The van der Waals surface area contributed by atoms with E-state index in [1.54, 1.807) is 18.2 Å². The first kappa shape index (κ1) is 23.0. The molecule has 1 aliphatic carbocycles. The molecule has 5 rings (SSSR count). The van der Waals surface area contributed by atoms with Crippen LogP contribution in [0.5, 0.6) is 0 Å². The van der Waals surface area contributed by atoms with Gasteiger partial charge in [0.2, 0.25) is 11.8 Å². The van der Waals surface area contributed by atoms with Gasteiger partial charge in [0, 0.05) is 0 Å². The fourth-order valence-electron chi connectivity index (χ4n) is 5.47. The number of imide groups is 1. The van der Waals surface area contributed by atoms with Crippen molar-refractivity contribution in [1.82, 2.24) is 0 Å². The molecule has 10 nitrogen and oxygen atoms in total. The van der Waals surface area contributed by atoms with E-state index in [1.165, 1.54) is 18.2 Å². The summed E-state index contributed by atoms with van der Waals surface area (Å²) in [4.78, 5) is 28.0. The Morgan fingerprint density at radius 1 is 1.06 bits per heavy atom. The molecule has 3 heterocycles. The molecule has 0 radical (unpaired) electrons. The van der Waals surface area contributed by atoms with Crippen LogP contribution in [-0.2, 0) is 20.9 Å². The molecule has 3 aliphatic rings. The number of hydrogen-bond acceptors (Lipinski definition) is 9. The number of rotatable bonds is 5. The maximum Gasteiger partial charge on any atom is 0.488 e. The topological polar surface area (TPSA) is 161 Å². The second-order valence-corrected chi connectivity index (χ2v) is 8.82. The number of anilines is 1. The summed E-state index contributed by atoms with van der Waals surface area (Å²) >= 11 is 0. The predicted octanol–water partition coefficient (Wildman–Crippen LogP) is -0.953. The van der Waals surface area contributed by atoms with Gasteiger partial charge in [0.1, 0.15) is 24.2 Å². The highest BCUT2D eigenvalue weighted by molar-refractivity contribution is 6.58. The molecule has 2 aromatic rings. The number of fused-ring (bicyclic) bond motifs is 3. The zero-order chi connectivity index (χ0) is 24.1. The van der Waals surface area contributed by atoms with Crippen molar-refractivity contribution < 1.29 is 43.9 Å². The van der Waals surface area contributed by atoms with Gasteiger partial charge in [0.15, 0.2) is 0 Å². The second-order valence-electron chi connectivity index (χ2n) is 8.82. The van der Waals surface area contributed by atoms with Crippen molar-refractivity contribution in [2.45, 2.75) is 25.6 Å². The van der Waals surface area contributed by atoms with Crippen molar-refractivity contribution in [3.05, 3.63) is 59.0 Å². The van der Waals surface area contributed by atoms with Gasteiger partial charge in [-0.05, 0) is 59.5 Å². The first-order chi connectivity index (χ1) is 16.3. The van der Waals surface area contributed by atoms with Gasteiger partial charge in [0.25, 0.3) is 0 Å². The third kappa shape index (κ3) is 3.63. The van der Waals surface area contributed by atoms with Crippen molar-refractivity contribution in [1.29, 1.82) is 0 Å². The summed E-state index contributed by atoms with van der Waals surface area (Å²) in [5, 5.41) is 49.1. The zero-order valence-electron chi connectivity index (χ0n) is 18.1. The summed E-state index contributed by atoms with van der Waals surface area (Å²) in [7, 11) is -3.15. The lowest BCUT2D eigenvalue weighted by molar-refractivity contribution is -0.123. The van der Waals surface area contributed by atoms with Crippen molar-refractivity contribution in [3.63, 3.8) is 0 Å². The molecule has 4 atom stereocenters. The van der Waals surface area contributed by atoms with Crippen LogP contribution in [0.15, 0.2) is 51.9 Å². The number of benzene rings is 1. The lowest BCUT2D eigenvalue weighted by Crippen LogP contribution is -2.45. The Kier molecular flexibility index (Phi) is 5.96. The molecule has 2 saturated heterocycles. The fourth-order valence-corrected chi connectivity index (χ4v) is 5.47. The predicted molar refractivity (Wildman–Crippen MR) is 119 cm³/mol. The Morgan fingerprint density at radius 3 is 2.53 bits per heavy atom. The number of nitrogens with zero attached hydrogens (tertiary/aromatic N) is 1. The van der Waals surface area contributed by atoms with E-state index in [4.69, 9.17) is 9.07 Å². The van der Waals surface area contributed by atoms with Gasteiger partial charge in [-0.25, -0.2) is 0 Å². The van der Waals surface area contributed by atoms with Gasteiger partial charge in [0.05, 0.1) is 24.1 Å². The molecule has 1 aromatic heterocycles. The monoisotopic (exact) mass is 467 g/mol.